The molecule has 1 atom stereocenters. The van der Waals surface area contributed by atoms with Gasteiger partial charge >= 0.3 is 0 Å². The van der Waals surface area contributed by atoms with Crippen molar-refractivity contribution in [2.45, 2.75) is 13.0 Å². The first kappa shape index (κ1) is 10.4. The molecule has 0 saturated heterocycles. The normalized spacial score (nSPS) is 12.6. The lowest BCUT2D eigenvalue weighted by atomic mass is 10.4. The molecule has 0 bridgehead atoms. The standard InChI is InChI=1S/C7H15NO3/c1-6(11-3)4-8-7(9)5-10-2/h6H,4-5H2,1-3H3,(H,8,9). The first-order chi connectivity index (χ1) is 5.20. The van der Waals surface area contributed by atoms with Crippen molar-refractivity contribution in [1.82, 2.24) is 5.32 Å². The maximum Gasteiger partial charge on any atom is 0.246 e. The van der Waals surface area contributed by atoms with E-state index in [1.165, 1.54) is 7.11 Å². The molecule has 0 aromatic rings. The van der Waals surface area contributed by atoms with Crippen molar-refractivity contribution in [3.8, 4) is 0 Å². The third kappa shape index (κ3) is 5.82. The molecule has 11 heavy (non-hydrogen) atoms. The van der Waals surface area contributed by atoms with E-state index in [9.17, 15) is 4.79 Å². The van der Waals surface area contributed by atoms with Gasteiger partial charge in [-0.25, -0.2) is 0 Å². The highest BCUT2D eigenvalue weighted by atomic mass is 16.5. The summed E-state index contributed by atoms with van der Waals surface area (Å²) in [6.45, 7) is 2.52. The van der Waals surface area contributed by atoms with Crippen LogP contribution >= 0.6 is 0 Å². The fraction of sp³-hybridized carbons (Fsp3) is 0.857. The number of methoxy groups -OCH3 is 2. The van der Waals surface area contributed by atoms with Crippen LogP contribution in [0.15, 0.2) is 0 Å². The Morgan fingerprint density at radius 1 is 1.55 bits per heavy atom. The minimum absolute atomic E-state index is 0.0517. The van der Waals surface area contributed by atoms with Crippen LogP contribution in [0.3, 0.4) is 0 Å². The van der Waals surface area contributed by atoms with Crippen molar-refractivity contribution in [3.63, 3.8) is 0 Å². The maximum absolute atomic E-state index is 10.8. The summed E-state index contributed by atoms with van der Waals surface area (Å²) < 4.78 is 9.54. The van der Waals surface area contributed by atoms with Crippen molar-refractivity contribution in [3.05, 3.63) is 0 Å². The van der Waals surface area contributed by atoms with E-state index in [1.807, 2.05) is 6.92 Å². The van der Waals surface area contributed by atoms with Gasteiger partial charge in [-0.1, -0.05) is 0 Å². The second-order valence-electron chi connectivity index (χ2n) is 2.28. The van der Waals surface area contributed by atoms with Crippen LogP contribution in [-0.4, -0.2) is 39.4 Å². The predicted octanol–water partition coefficient (Wildman–Crippen LogP) is -0.216. The number of nitrogens with one attached hydrogen (secondary N) is 1. The number of rotatable bonds is 5. The lowest BCUT2D eigenvalue weighted by Gasteiger charge is -2.09. The molecule has 0 rings (SSSR count). The van der Waals surface area contributed by atoms with Crippen molar-refractivity contribution in [2.24, 2.45) is 0 Å². The summed E-state index contributed by atoms with van der Waals surface area (Å²) >= 11 is 0. The molecule has 1 unspecified atom stereocenters. The molecule has 0 aliphatic heterocycles. The van der Waals surface area contributed by atoms with E-state index in [2.05, 4.69) is 10.1 Å². The maximum atomic E-state index is 10.8. The number of hydrogen-bond acceptors (Lipinski definition) is 3. The number of carbonyl (C=O) groups excluding carboxylic acids is 1. The average molecular weight is 161 g/mol. The molecule has 4 heteroatoms. The zero-order valence-corrected chi connectivity index (χ0v) is 7.22. The summed E-state index contributed by atoms with van der Waals surface area (Å²) in [4.78, 5) is 10.8. The molecule has 0 heterocycles. The molecular formula is C7H15NO3. The fourth-order valence-electron chi connectivity index (χ4n) is 0.523. The van der Waals surface area contributed by atoms with E-state index in [-0.39, 0.29) is 18.6 Å². The first-order valence-electron chi connectivity index (χ1n) is 3.49. The minimum atomic E-state index is -0.114. The second kappa shape index (κ2) is 6.12. The van der Waals surface area contributed by atoms with Crippen molar-refractivity contribution in [1.29, 1.82) is 0 Å². The molecule has 0 aliphatic rings. The third-order valence-corrected chi connectivity index (χ3v) is 1.26. The molecule has 0 fully saturated rings. The molecule has 0 radical (unpaired) electrons. The van der Waals surface area contributed by atoms with Gasteiger partial charge in [0.25, 0.3) is 0 Å². The van der Waals surface area contributed by atoms with Gasteiger partial charge in [0.2, 0.25) is 5.91 Å². The molecular weight excluding hydrogens is 146 g/mol. The summed E-state index contributed by atoms with van der Waals surface area (Å²) in [6, 6.07) is 0. The van der Waals surface area contributed by atoms with Crippen LogP contribution in [0.5, 0.6) is 0 Å². The largest absolute Gasteiger partial charge is 0.380 e. The van der Waals surface area contributed by atoms with Gasteiger partial charge in [-0.2, -0.15) is 0 Å². The molecule has 0 saturated carbocycles. The van der Waals surface area contributed by atoms with Crippen molar-refractivity contribution >= 4 is 5.91 Å². The van der Waals surface area contributed by atoms with E-state index in [0.29, 0.717) is 6.54 Å². The van der Waals surface area contributed by atoms with Gasteiger partial charge in [0.05, 0.1) is 6.10 Å². The molecule has 1 N–H and O–H groups in total. The highest BCUT2D eigenvalue weighted by Gasteiger charge is 2.02. The Labute approximate surface area is 66.9 Å². The lowest BCUT2D eigenvalue weighted by Crippen LogP contribution is -2.33. The smallest absolute Gasteiger partial charge is 0.246 e. The van der Waals surface area contributed by atoms with E-state index < -0.39 is 0 Å². The Kier molecular flexibility index (Phi) is 5.78. The van der Waals surface area contributed by atoms with Crippen LogP contribution in [0.1, 0.15) is 6.92 Å². The number of hydrogen-bond donors (Lipinski definition) is 1. The molecule has 0 aliphatic carbocycles. The van der Waals surface area contributed by atoms with Crippen LogP contribution < -0.4 is 5.32 Å². The predicted molar refractivity (Wildman–Crippen MR) is 41.4 cm³/mol. The monoisotopic (exact) mass is 161 g/mol. The van der Waals surface area contributed by atoms with E-state index in [1.54, 1.807) is 7.11 Å². The Bertz CT molecular complexity index is 116. The highest BCUT2D eigenvalue weighted by molar-refractivity contribution is 5.77. The first-order valence-corrected chi connectivity index (χ1v) is 3.49. The lowest BCUT2D eigenvalue weighted by molar-refractivity contribution is -0.125. The second-order valence-corrected chi connectivity index (χ2v) is 2.28. The van der Waals surface area contributed by atoms with Gasteiger partial charge in [-0.3, -0.25) is 4.79 Å². The van der Waals surface area contributed by atoms with Gasteiger partial charge in [0, 0.05) is 20.8 Å². The van der Waals surface area contributed by atoms with Crippen molar-refractivity contribution < 1.29 is 14.3 Å². The fourth-order valence-corrected chi connectivity index (χ4v) is 0.523. The Balaban J connectivity index is 3.30. The molecule has 0 aromatic carbocycles. The molecule has 0 spiro atoms. The van der Waals surface area contributed by atoms with E-state index >= 15 is 0 Å². The van der Waals surface area contributed by atoms with Gasteiger partial charge in [0.15, 0.2) is 0 Å². The van der Waals surface area contributed by atoms with E-state index in [0.717, 1.165) is 0 Å². The molecule has 4 nitrogen and oxygen atoms in total. The van der Waals surface area contributed by atoms with E-state index in [4.69, 9.17) is 4.74 Å². The quantitative estimate of drug-likeness (QED) is 0.606. The minimum Gasteiger partial charge on any atom is -0.380 e. The van der Waals surface area contributed by atoms with Gasteiger partial charge in [0.1, 0.15) is 6.61 Å². The Hall–Kier alpha value is -0.610. The van der Waals surface area contributed by atoms with Crippen LogP contribution in [0.2, 0.25) is 0 Å². The third-order valence-electron chi connectivity index (χ3n) is 1.26. The molecule has 66 valence electrons. The SMILES string of the molecule is COCC(=O)NCC(C)OC. The summed E-state index contributed by atoms with van der Waals surface area (Å²) in [6.07, 6.45) is 0.0517. The van der Waals surface area contributed by atoms with Crippen LogP contribution in [0, 0.1) is 0 Å². The number of carbonyl (C=O) groups is 1. The van der Waals surface area contributed by atoms with Gasteiger partial charge in [-0.05, 0) is 6.92 Å². The number of ether oxygens (including phenoxy) is 2. The summed E-state index contributed by atoms with van der Waals surface area (Å²) in [5.41, 5.74) is 0. The highest BCUT2D eigenvalue weighted by Crippen LogP contribution is 1.83. The van der Waals surface area contributed by atoms with Crippen LogP contribution in [-0.2, 0) is 14.3 Å². The van der Waals surface area contributed by atoms with Gasteiger partial charge in [-0.15, -0.1) is 0 Å². The summed E-state index contributed by atoms with van der Waals surface area (Å²) in [5.74, 6) is -0.114. The topological polar surface area (TPSA) is 47.6 Å². The summed E-state index contributed by atoms with van der Waals surface area (Å²) in [5, 5.41) is 2.65. The average Bonchev–Trinajstić information content (AvgIpc) is 2.01. The molecule has 0 aromatic heterocycles. The number of amides is 1. The Morgan fingerprint density at radius 2 is 2.18 bits per heavy atom. The zero-order valence-electron chi connectivity index (χ0n) is 7.22. The summed E-state index contributed by atoms with van der Waals surface area (Å²) in [7, 11) is 3.09. The van der Waals surface area contributed by atoms with Crippen LogP contribution in [0.4, 0.5) is 0 Å². The van der Waals surface area contributed by atoms with Crippen molar-refractivity contribution in [2.75, 3.05) is 27.4 Å². The zero-order chi connectivity index (χ0) is 8.69. The Morgan fingerprint density at radius 3 is 2.64 bits per heavy atom. The molecule has 1 amide bonds. The van der Waals surface area contributed by atoms with Gasteiger partial charge < -0.3 is 14.8 Å². The van der Waals surface area contributed by atoms with Crippen LogP contribution in [0.25, 0.3) is 0 Å².